The topological polar surface area (TPSA) is 83.0 Å². The molecule has 1 aromatic heterocycles. The van der Waals surface area contributed by atoms with E-state index < -0.39 is 17.7 Å². The van der Waals surface area contributed by atoms with Crippen molar-refractivity contribution in [3.05, 3.63) is 30.1 Å². The third-order valence-corrected chi connectivity index (χ3v) is 4.87. The second-order valence-electron chi connectivity index (χ2n) is 6.36. The van der Waals surface area contributed by atoms with Gasteiger partial charge in [-0.25, -0.2) is 4.79 Å². The van der Waals surface area contributed by atoms with E-state index >= 15 is 0 Å². The zero-order valence-electron chi connectivity index (χ0n) is 13.9. The molecule has 0 saturated carbocycles. The van der Waals surface area contributed by atoms with Gasteiger partial charge in [0, 0.05) is 43.9 Å². The first-order chi connectivity index (χ1) is 11.6. The van der Waals surface area contributed by atoms with Crippen LogP contribution in [0.2, 0.25) is 0 Å². The smallest absolute Gasteiger partial charge is 0.328 e. The van der Waals surface area contributed by atoms with E-state index in [1.54, 1.807) is 12.1 Å². The van der Waals surface area contributed by atoms with Crippen molar-refractivity contribution < 1.29 is 19.4 Å². The molecule has 0 aromatic carbocycles. The van der Waals surface area contributed by atoms with Crippen molar-refractivity contribution in [2.75, 3.05) is 26.2 Å². The Morgan fingerprint density at radius 1 is 1.33 bits per heavy atom. The predicted octanol–water partition coefficient (Wildman–Crippen LogP) is 1.21. The predicted molar refractivity (Wildman–Crippen MR) is 86.5 cm³/mol. The highest BCUT2D eigenvalue weighted by atomic mass is 16.5. The lowest BCUT2D eigenvalue weighted by Gasteiger charge is -2.44. The van der Waals surface area contributed by atoms with Gasteiger partial charge in [-0.1, -0.05) is 6.92 Å². The number of carboxylic acid groups (broad SMARTS) is 1. The summed E-state index contributed by atoms with van der Waals surface area (Å²) in [6.45, 7) is 4.80. The Labute approximate surface area is 141 Å². The maximum absolute atomic E-state index is 13.0. The second-order valence-corrected chi connectivity index (χ2v) is 6.36. The molecule has 130 valence electrons. The van der Waals surface area contributed by atoms with Crippen LogP contribution in [0.5, 0.6) is 0 Å². The fourth-order valence-electron chi connectivity index (χ4n) is 3.63. The van der Waals surface area contributed by atoms with E-state index in [0.717, 1.165) is 26.1 Å². The number of likely N-dealkylation sites (tertiary alicyclic amines) is 1. The van der Waals surface area contributed by atoms with E-state index in [2.05, 4.69) is 16.8 Å². The zero-order valence-corrected chi connectivity index (χ0v) is 13.9. The fourth-order valence-corrected chi connectivity index (χ4v) is 3.63. The number of ether oxygens (including phenoxy) is 1. The lowest BCUT2D eigenvalue weighted by Crippen LogP contribution is -2.58. The summed E-state index contributed by atoms with van der Waals surface area (Å²) < 4.78 is 5.92. The molecule has 1 aromatic rings. The van der Waals surface area contributed by atoms with Crippen LogP contribution in [0.15, 0.2) is 24.5 Å². The summed E-state index contributed by atoms with van der Waals surface area (Å²) in [4.78, 5) is 32.3. The SMILES string of the molecule is CCCN1CCC2(CC1)OC[C@H](C(=O)O)N2C(=O)c1ccncc1. The Balaban J connectivity index is 1.86. The number of hydrogen-bond acceptors (Lipinski definition) is 5. The summed E-state index contributed by atoms with van der Waals surface area (Å²) in [5, 5.41) is 9.53. The summed E-state index contributed by atoms with van der Waals surface area (Å²) in [7, 11) is 0. The highest BCUT2D eigenvalue weighted by Crippen LogP contribution is 2.38. The van der Waals surface area contributed by atoms with E-state index in [9.17, 15) is 14.7 Å². The Kier molecular flexibility index (Phi) is 4.82. The largest absolute Gasteiger partial charge is 0.480 e. The molecular formula is C17H23N3O4. The first-order valence-corrected chi connectivity index (χ1v) is 8.40. The first-order valence-electron chi connectivity index (χ1n) is 8.40. The number of aromatic nitrogens is 1. The van der Waals surface area contributed by atoms with Crippen molar-refractivity contribution in [3.8, 4) is 0 Å². The molecule has 0 radical (unpaired) electrons. The van der Waals surface area contributed by atoms with Gasteiger partial charge in [-0.05, 0) is 25.1 Å². The molecule has 1 spiro atoms. The van der Waals surface area contributed by atoms with E-state index in [1.807, 2.05) is 0 Å². The number of hydrogen-bond donors (Lipinski definition) is 1. The number of piperidine rings is 1. The van der Waals surface area contributed by atoms with Crippen LogP contribution < -0.4 is 0 Å². The Hall–Kier alpha value is -1.99. The molecule has 0 bridgehead atoms. The van der Waals surface area contributed by atoms with Gasteiger partial charge in [0.2, 0.25) is 0 Å². The molecule has 2 fully saturated rings. The van der Waals surface area contributed by atoms with E-state index in [4.69, 9.17) is 4.74 Å². The number of carbonyl (C=O) groups is 2. The number of nitrogens with zero attached hydrogens (tertiary/aromatic N) is 3. The average Bonchev–Trinajstić information content (AvgIpc) is 2.97. The average molecular weight is 333 g/mol. The molecule has 2 aliphatic heterocycles. The molecule has 3 heterocycles. The van der Waals surface area contributed by atoms with Gasteiger partial charge in [-0.2, -0.15) is 0 Å². The third-order valence-electron chi connectivity index (χ3n) is 4.87. The number of pyridine rings is 1. The number of carbonyl (C=O) groups excluding carboxylic acids is 1. The van der Waals surface area contributed by atoms with Gasteiger partial charge in [0.05, 0.1) is 6.61 Å². The molecule has 3 rings (SSSR count). The minimum absolute atomic E-state index is 0.0416. The van der Waals surface area contributed by atoms with Crippen LogP contribution in [0.25, 0.3) is 0 Å². The maximum atomic E-state index is 13.0. The van der Waals surface area contributed by atoms with Crippen molar-refractivity contribution in [1.82, 2.24) is 14.8 Å². The van der Waals surface area contributed by atoms with E-state index in [0.29, 0.717) is 18.4 Å². The zero-order chi connectivity index (χ0) is 17.2. The minimum Gasteiger partial charge on any atom is -0.480 e. The maximum Gasteiger partial charge on any atom is 0.328 e. The van der Waals surface area contributed by atoms with Crippen LogP contribution in [0.4, 0.5) is 0 Å². The molecule has 1 N–H and O–H groups in total. The molecule has 1 amide bonds. The standard InChI is InChI=1S/C17H23N3O4/c1-2-9-19-10-5-17(6-11-19)20(14(12-24-17)16(22)23)15(21)13-3-7-18-8-4-13/h3-4,7-8,14H,2,5-6,9-12H2,1H3,(H,22,23)/t14-/m1/s1. The monoisotopic (exact) mass is 333 g/mol. The summed E-state index contributed by atoms with van der Waals surface area (Å²) in [5.41, 5.74) is -0.370. The molecule has 1 atom stereocenters. The van der Waals surface area contributed by atoms with Crippen LogP contribution in [-0.2, 0) is 9.53 Å². The normalized spacial score (nSPS) is 23.5. The summed E-state index contributed by atoms with van der Waals surface area (Å²) >= 11 is 0. The van der Waals surface area contributed by atoms with Crippen LogP contribution in [0.3, 0.4) is 0 Å². The second kappa shape index (κ2) is 6.86. The third kappa shape index (κ3) is 3.01. The number of rotatable bonds is 4. The van der Waals surface area contributed by atoms with Crippen molar-refractivity contribution in [3.63, 3.8) is 0 Å². The van der Waals surface area contributed by atoms with Gasteiger partial charge in [-0.3, -0.25) is 14.7 Å². The lowest BCUT2D eigenvalue weighted by atomic mass is 9.96. The fraction of sp³-hybridized carbons (Fsp3) is 0.588. The summed E-state index contributed by atoms with van der Waals surface area (Å²) in [6, 6.07) is 2.28. The van der Waals surface area contributed by atoms with Crippen molar-refractivity contribution in [1.29, 1.82) is 0 Å². The molecule has 2 aliphatic rings. The van der Waals surface area contributed by atoms with Crippen LogP contribution in [0.1, 0.15) is 36.5 Å². The molecule has 0 unspecified atom stereocenters. The molecule has 7 nitrogen and oxygen atoms in total. The quantitative estimate of drug-likeness (QED) is 0.892. The van der Waals surface area contributed by atoms with Crippen molar-refractivity contribution in [2.45, 2.75) is 38.0 Å². The molecule has 7 heteroatoms. The molecule has 0 aliphatic carbocycles. The minimum atomic E-state index is -1.02. The van der Waals surface area contributed by atoms with Crippen molar-refractivity contribution in [2.24, 2.45) is 0 Å². The van der Waals surface area contributed by atoms with Gasteiger partial charge < -0.3 is 14.7 Å². The summed E-state index contributed by atoms with van der Waals surface area (Å²) in [6.07, 6.45) is 5.42. The Morgan fingerprint density at radius 2 is 2.00 bits per heavy atom. The van der Waals surface area contributed by atoms with Crippen LogP contribution in [-0.4, -0.2) is 69.8 Å². The lowest BCUT2D eigenvalue weighted by molar-refractivity contribution is -0.143. The van der Waals surface area contributed by atoms with Gasteiger partial charge in [0.25, 0.3) is 5.91 Å². The highest BCUT2D eigenvalue weighted by Gasteiger charge is 2.53. The van der Waals surface area contributed by atoms with Crippen LogP contribution in [0, 0.1) is 0 Å². The van der Waals surface area contributed by atoms with Crippen molar-refractivity contribution >= 4 is 11.9 Å². The molecular weight excluding hydrogens is 310 g/mol. The Bertz CT molecular complexity index is 599. The van der Waals surface area contributed by atoms with E-state index in [1.165, 1.54) is 17.3 Å². The Morgan fingerprint density at radius 3 is 2.58 bits per heavy atom. The number of carboxylic acids is 1. The molecule has 2 saturated heterocycles. The highest BCUT2D eigenvalue weighted by molar-refractivity contribution is 5.97. The van der Waals surface area contributed by atoms with Crippen LogP contribution >= 0.6 is 0 Å². The van der Waals surface area contributed by atoms with Gasteiger partial charge >= 0.3 is 5.97 Å². The first kappa shape index (κ1) is 16.9. The molecule has 24 heavy (non-hydrogen) atoms. The number of amides is 1. The van der Waals surface area contributed by atoms with Gasteiger partial charge in [-0.15, -0.1) is 0 Å². The van der Waals surface area contributed by atoms with E-state index in [-0.39, 0.29) is 12.5 Å². The number of aliphatic carboxylic acids is 1. The van der Waals surface area contributed by atoms with Gasteiger partial charge in [0.1, 0.15) is 5.72 Å². The van der Waals surface area contributed by atoms with Gasteiger partial charge in [0.15, 0.2) is 6.04 Å². The summed E-state index contributed by atoms with van der Waals surface area (Å²) in [5.74, 6) is -1.32.